The largest absolute Gasteiger partial charge is 0.472 e. The molecule has 4 nitrogen and oxygen atoms in total. The summed E-state index contributed by atoms with van der Waals surface area (Å²) in [5.74, 6) is -0.356. The van der Waals surface area contributed by atoms with E-state index >= 15 is 0 Å². The van der Waals surface area contributed by atoms with Crippen molar-refractivity contribution in [1.82, 2.24) is 4.98 Å². The summed E-state index contributed by atoms with van der Waals surface area (Å²) in [6, 6.07) is 1.62. The topological polar surface area (TPSA) is 58.4 Å². The highest BCUT2D eigenvalue weighted by molar-refractivity contribution is 6.35. The van der Waals surface area contributed by atoms with Gasteiger partial charge >= 0.3 is 6.18 Å². The SMILES string of the molecule is CC1=CC=NC=C(C2=CCC/C(C(=O)c3[nH]c4c(c3Cl)CCC=C(c3ccoc3)/C=C\4C(F)(F)F)=C/CC2)C1. The lowest BCUT2D eigenvalue weighted by molar-refractivity contribution is -0.0691. The van der Waals surface area contributed by atoms with E-state index in [0.29, 0.717) is 48.0 Å². The number of carbonyl (C=O) groups excluding carboxylic acids is 1. The van der Waals surface area contributed by atoms with Crippen molar-refractivity contribution in [1.29, 1.82) is 0 Å². The van der Waals surface area contributed by atoms with Gasteiger partial charge in [-0.1, -0.05) is 35.4 Å². The number of aromatic amines is 1. The standard InChI is InChI=1S/C31H28ClF3N2O2/c1-19-11-13-36-17-24(15-19)20-5-2-7-21(8-3-6-20)30(38)29-27(32)25-10-4-9-22(23-12-14-39-18-23)16-26(28(25)37-29)31(33,34)35/h5,8-9,11-14,16-18,37H,2-4,6-7,10,15H2,1H3/b20-5?,21-8-,22-9?,26-16+. The Labute approximate surface area is 230 Å². The van der Waals surface area contributed by atoms with E-state index in [0.717, 1.165) is 18.9 Å². The summed E-state index contributed by atoms with van der Waals surface area (Å²) < 4.78 is 47.9. The molecule has 0 unspecified atom stereocenters. The predicted octanol–water partition coefficient (Wildman–Crippen LogP) is 9.15. The van der Waals surface area contributed by atoms with Crippen LogP contribution in [-0.2, 0) is 6.42 Å². The zero-order chi connectivity index (χ0) is 27.6. The summed E-state index contributed by atoms with van der Waals surface area (Å²) in [5.41, 5.74) is 4.44. The monoisotopic (exact) mass is 552 g/mol. The number of fused-ring (bicyclic) bond motifs is 1. The number of nitrogens with one attached hydrogen (secondary N) is 1. The van der Waals surface area contributed by atoms with Gasteiger partial charge in [-0.15, -0.1) is 0 Å². The fourth-order valence-corrected chi connectivity index (χ4v) is 5.54. The molecular formula is C31H28ClF3N2O2. The zero-order valence-electron chi connectivity index (χ0n) is 21.5. The second-order valence-corrected chi connectivity index (χ2v) is 10.3. The van der Waals surface area contributed by atoms with Gasteiger partial charge in [0.2, 0.25) is 5.78 Å². The zero-order valence-corrected chi connectivity index (χ0v) is 22.3. The molecule has 2 aliphatic carbocycles. The van der Waals surface area contributed by atoms with Crippen LogP contribution >= 0.6 is 11.6 Å². The fraction of sp³-hybridized carbons (Fsp3) is 0.290. The van der Waals surface area contributed by atoms with E-state index in [4.69, 9.17) is 16.0 Å². The molecule has 3 heterocycles. The molecular weight excluding hydrogens is 525 g/mol. The van der Waals surface area contributed by atoms with Crippen molar-refractivity contribution < 1.29 is 22.4 Å². The quantitative estimate of drug-likeness (QED) is 0.384. The molecule has 0 bridgehead atoms. The van der Waals surface area contributed by atoms with Crippen LogP contribution in [0.4, 0.5) is 13.2 Å². The van der Waals surface area contributed by atoms with Gasteiger partial charge in [-0.25, -0.2) is 0 Å². The van der Waals surface area contributed by atoms with Gasteiger partial charge in [-0.2, -0.15) is 13.2 Å². The minimum absolute atomic E-state index is 0.0150. The summed E-state index contributed by atoms with van der Waals surface area (Å²) >= 11 is 6.61. The molecule has 2 aromatic rings. The van der Waals surface area contributed by atoms with Gasteiger partial charge in [-0.05, 0) is 97.9 Å². The maximum absolute atomic E-state index is 14.3. The van der Waals surface area contributed by atoms with E-state index in [9.17, 15) is 18.0 Å². The molecule has 0 atom stereocenters. The van der Waals surface area contributed by atoms with Crippen molar-refractivity contribution in [2.45, 2.75) is 58.0 Å². The molecule has 0 radical (unpaired) electrons. The van der Waals surface area contributed by atoms with E-state index in [1.807, 2.05) is 18.4 Å². The molecule has 2 aromatic heterocycles. The number of rotatable bonds is 4. The molecule has 5 rings (SSSR count). The number of furan rings is 1. The van der Waals surface area contributed by atoms with Crippen molar-refractivity contribution >= 4 is 34.7 Å². The number of aliphatic imine (C=N–C) groups is 1. The van der Waals surface area contributed by atoms with Crippen LogP contribution < -0.4 is 0 Å². The molecule has 0 spiro atoms. The first-order valence-corrected chi connectivity index (χ1v) is 13.3. The number of alkyl halides is 3. The predicted molar refractivity (Wildman–Crippen MR) is 149 cm³/mol. The first kappa shape index (κ1) is 27.0. The number of hydrogen-bond donors (Lipinski definition) is 1. The maximum Gasteiger partial charge on any atom is 0.418 e. The number of carbonyl (C=O) groups is 1. The molecule has 39 heavy (non-hydrogen) atoms. The van der Waals surface area contributed by atoms with Crippen LogP contribution in [0.2, 0.25) is 5.02 Å². The Hall–Kier alpha value is -3.58. The van der Waals surface area contributed by atoms with E-state index in [2.05, 4.69) is 23.0 Å². The van der Waals surface area contributed by atoms with Gasteiger partial charge in [0.25, 0.3) is 0 Å². The van der Waals surface area contributed by atoms with Crippen LogP contribution in [0, 0.1) is 0 Å². The van der Waals surface area contributed by atoms with Crippen molar-refractivity contribution in [3.63, 3.8) is 0 Å². The Balaban J connectivity index is 1.42. The molecule has 0 fully saturated rings. The molecule has 202 valence electrons. The first-order valence-electron chi connectivity index (χ1n) is 13.0. The Bertz CT molecular complexity index is 1490. The van der Waals surface area contributed by atoms with Crippen LogP contribution in [-0.4, -0.2) is 23.2 Å². The molecule has 1 N–H and O–H groups in total. The average molecular weight is 553 g/mol. The number of H-pyrrole nitrogens is 1. The number of nitrogens with zero attached hydrogens (tertiary/aromatic N) is 1. The van der Waals surface area contributed by atoms with Crippen LogP contribution in [0.25, 0.3) is 11.1 Å². The Morgan fingerprint density at radius 3 is 2.64 bits per heavy atom. The third-order valence-corrected chi connectivity index (χ3v) is 7.63. The van der Waals surface area contributed by atoms with E-state index in [-0.39, 0.29) is 28.6 Å². The van der Waals surface area contributed by atoms with Gasteiger partial charge in [0.05, 0.1) is 28.8 Å². The number of allylic oxidation sites excluding steroid dienone is 11. The Kier molecular flexibility index (Phi) is 7.80. The van der Waals surface area contributed by atoms with Crippen LogP contribution in [0.5, 0.6) is 0 Å². The minimum atomic E-state index is -4.66. The van der Waals surface area contributed by atoms with Gasteiger partial charge in [0, 0.05) is 18.0 Å². The molecule has 3 aliphatic rings. The van der Waals surface area contributed by atoms with Gasteiger partial charge in [0.1, 0.15) is 5.69 Å². The Morgan fingerprint density at radius 1 is 1.08 bits per heavy atom. The number of halogens is 4. The summed E-state index contributed by atoms with van der Waals surface area (Å²) in [6.45, 7) is 2.07. The Morgan fingerprint density at radius 2 is 1.87 bits per heavy atom. The van der Waals surface area contributed by atoms with E-state index in [1.54, 1.807) is 18.4 Å². The smallest absolute Gasteiger partial charge is 0.418 e. The number of Topliss-reactive ketones (excluding diaryl/α,β-unsaturated/α-hetero) is 1. The second-order valence-electron chi connectivity index (χ2n) is 9.94. The third-order valence-electron chi connectivity index (χ3n) is 7.21. The van der Waals surface area contributed by atoms with Gasteiger partial charge in [0.15, 0.2) is 0 Å². The molecule has 1 aliphatic heterocycles. The average Bonchev–Trinajstić information content (AvgIpc) is 3.43. The van der Waals surface area contributed by atoms with Crippen molar-refractivity contribution in [2.75, 3.05) is 0 Å². The minimum Gasteiger partial charge on any atom is -0.472 e. The van der Waals surface area contributed by atoms with Crippen LogP contribution in [0.15, 0.2) is 86.9 Å². The maximum atomic E-state index is 14.3. The molecule has 0 aromatic carbocycles. The fourth-order valence-electron chi connectivity index (χ4n) is 5.22. The lowest BCUT2D eigenvalue weighted by Crippen LogP contribution is -2.14. The second kappa shape index (κ2) is 11.3. The van der Waals surface area contributed by atoms with Crippen LogP contribution in [0.1, 0.15) is 72.8 Å². The number of aromatic nitrogens is 1. The van der Waals surface area contributed by atoms with Gasteiger partial charge < -0.3 is 9.40 Å². The summed E-state index contributed by atoms with van der Waals surface area (Å²) in [7, 11) is 0. The molecule has 8 heteroatoms. The van der Waals surface area contributed by atoms with Crippen molar-refractivity contribution in [3.05, 3.63) is 105 Å². The van der Waals surface area contributed by atoms with Crippen molar-refractivity contribution in [2.24, 2.45) is 4.99 Å². The molecule has 0 amide bonds. The number of ketones is 1. The highest BCUT2D eigenvalue weighted by Crippen LogP contribution is 2.42. The third kappa shape index (κ3) is 5.88. The lowest BCUT2D eigenvalue weighted by Gasteiger charge is -2.16. The van der Waals surface area contributed by atoms with Crippen molar-refractivity contribution in [3.8, 4) is 0 Å². The summed E-state index contributed by atoms with van der Waals surface area (Å²) in [4.78, 5) is 20.7. The normalized spacial score (nSPS) is 21.3. The highest BCUT2D eigenvalue weighted by atomic mass is 35.5. The van der Waals surface area contributed by atoms with E-state index < -0.39 is 11.7 Å². The van der Waals surface area contributed by atoms with E-state index in [1.165, 1.54) is 29.2 Å². The first-order chi connectivity index (χ1) is 18.7. The van der Waals surface area contributed by atoms with Gasteiger partial charge in [-0.3, -0.25) is 9.79 Å². The summed E-state index contributed by atoms with van der Waals surface area (Å²) in [6.07, 6.45) is 14.8. The molecule has 0 saturated heterocycles. The lowest BCUT2D eigenvalue weighted by atomic mass is 9.90. The molecule has 0 saturated carbocycles. The number of hydrogen-bond acceptors (Lipinski definition) is 3. The van der Waals surface area contributed by atoms with Crippen LogP contribution in [0.3, 0.4) is 0 Å². The summed E-state index contributed by atoms with van der Waals surface area (Å²) in [5, 5.41) is 0.0632. The highest BCUT2D eigenvalue weighted by Gasteiger charge is 2.39.